The van der Waals surface area contributed by atoms with Gasteiger partial charge in [-0.2, -0.15) is 0 Å². The van der Waals surface area contributed by atoms with Crippen LogP contribution >= 0.6 is 27.5 Å². The first-order valence-electron chi connectivity index (χ1n) is 5.38. The molecule has 2 amide bonds. The van der Waals surface area contributed by atoms with E-state index in [4.69, 9.17) is 11.6 Å². The molecule has 100 valence electrons. The number of benzene rings is 1. The summed E-state index contributed by atoms with van der Waals surface area (Å²) in [6.45, 7) is 3.54. The Labute approximate surface area is 120 Å². The van der Waals surface area contributed by atoms with Crippen LogP contribution in [0, 0.1) is 0 Å². The number of hydrogen-bond acceptors (Lipinski definition) is 2. The maximum atomic E-state index is 11.8. The molecule has 0 fully saturated rings. The average Bonchev–Trinajstić information content (AvgIpc) is 2.21. The Kier molecular flexibility index (Phi) is 5.01. The van der Waals surface area contributed by atoms with E-state index >= 15 is 0 Å². The highest BCUT2D eigenvalue weighted by Crippen LogP contribution is 2.25. The Morgan fingerprint density at radius 1 is 1.56 bits per heavy atom. The molecule has 0 saturated carbocycles. The van der Waals surface area contributed by atoms with Gasteiger partial charge in [-0.15, -0.1) is 0 Å². The number of likely N-dealkylation sites (N-methyl/N-ethyl adjacent to an activating group) is 1. The van der Waals surface area contributed by atoms with Gasteiger partial charge in [-0.3, -0.25) is 0 Å². The molecule has 0 atom stereocenters. The van der Waals surface area contributed by atoms with Crippen LogP contribution in [0.4, 0.5) is 10.5 Å². The second-order valence-electron chi connectivity index (χ2n) is 4.73. The van der Waals surface area contributed by atoms with Crippen molar-refractivity contribution in [2.24, 2.45) is 0 Å². The van der Waals surface area contributed by atoms with Gasteiger partial charge >= 0.3 is 6.03 Å². The molecule has 0 aliphatic rings. The highest BCUT2D eigenvalue weighted by molar-refractivity contribution is 9.10. The van der Waals surface area contributed by atoms with E-state index < -0.39 is 5.60 Å². The number of hydrogen-bond donors (Lipinski definition) is 2. The van der Waals surface area contributed by atoms with Crippen molar-refractivity contribution in [1.29, 1.82) is 0 Å². The predicted molar refractivity (Wildman–Crippen MR) is 77.1 cm³/mol. The van der Waals surface area contributed by atoms with Crippen molar-refractivity contribution in [3.63, 3.8) is 0 Å². The van der Waals surface area contributed by atoms with Gasteiger partial charge in [-0.1, -0.05) is 11.6 Å². The molecule has 0 aromatic heterocycles. The second kappa shape index (κ2) is 5.91. The molecule has 0 bridgehead atoms. The molecule has 1 aromatic carbocycles. The lowest BCUT2D eigenvalue weighted by Crippen LogP contribution is -2.41. The maximum absolute atomic E-state index is 11.8. The number of nitrogens with one attached hydrogen (secondary N) is 1. The summed E-state index contributed by atoms with van der Waals surface area (Å²) in [5.74, 6) is 0. The third-order valence-corrected chi connectivity index (χ3v) is 3.36. The number of carbonyl (C=O) groups excluding carboxylic acids is 1. The molecule has 0 saturated heterocycles. The monoisotopic (exact) mass is 334 g/mol. The first kappa shape index (κ1) is 15.3. The van der Waals surface area contributed by atoms with Crippen LogP contribution in [0.25, 0.3) is 0 Å². The van der Waals surface area contributed by atoms with Crippen LogP contribution in [0.15, 0.2) is 22.7 Å². The second-order valence-corrected chi connectivity index (χ2v) is 5.99. The summed E-state index contributed by atoms with van der Waals surface area (Å²) in [5.41, 5.74) is -0.286. The number of rotatable bonds is 3. The minimum absolute atomic E-state index is 0.244. The molecule has 0 heterocycles. The number of anilines is 1. The van der Waals surface area contributed by atoms with Crippen LogP contribution in [0.3, 0.4) is 0 Å². The Morgan fingerprint density at radius 2 is 2.17 bits per heavy atom. The van der Waals surface area contributed by atoms with E-state index in [1.807, 2.05) is 0 Å². The number of carbonyl (C=O) groups is 1. The quantitative estimate of drug-likeness (QED) is 0.890. The van der Waals surface area contributed by atoms with E-state index in [2.05, 4.69) is 21.2 Å². The lowest BCUT2D eigenvalue weighted by atomic mass is 10.1. The molecule has 4 nitrogen and oxygen atoms in total. The normalized spacial score (nSPS) is 11.2. The zero-order valence-electron chi connectivity index (χ0n) is 10.5. The Bertz CT molecular complexity index is 446. The van der Waals surface area contributed by atoms with Crippen LogP contribution in [0.5, 0.6) is 0 Å². The van der Waals surface area contributed by atoms with Gasteiger partial charge in [0.2, 0.25) is 0 Å². The smallest absolute Gasteiger partial charge is 0.321 e. The number of amides is 2. The van der Waals surface area contributed by atoms with E-state index in [1.54, 1.807) is 39.1 Å². The van der Waals surface area contributed by atoms with Crippen molar-refractivity contribution in [2.75, 3.05) is 18.9 Å². The molecular formula is C12H16BrClN2O2. The molecule has 1 aromatic rings. The fourth-order valence-electron chi connectivity index (χ4n) is 1.45. The van der Waals surface area contributed by atoms with Crippen molar-refractivity contribution < 1.29 is 9.90 Å². The van der Waals surface area contributed by atoms with Crippen molar-refractivity contribution in [1.82, 2.24) is 4.90 Å². The highest BCUT2D eigenvalue weighted by atomic mass is 79.9. The lowest BCUT2D eigenvalue weighted by molar-refractivity contribution is 0.0550. The summed E-state index contributed by atoms with van der Waals surface area (Å²) < 4.78 is 0.715. The fourth-order valence-corrected chi connectivity index (χ4v) is 1.94. The van der Waals surface area contributed by atoms with E-state index in [0.29, 0.717) is 15.2 Å². The van der Waals surface area contributed by atoms with Gasteiger partial charge in [-0.05, 0) is 48.0 Å². The van der Waals surface area contributed by atoms with Gasteiger partial charge in [0.1, 0.15) is 0 Å². The largest absolute Gasteiger partial charge is 0.389 e. The van der Waals surface area contributed by atoms with Crippen LogP contribution in [0.1, 0.15) is 13.8 Å². The summed E-state index contributed by atoms with van der Waals surface area (Å²) in [5, 5.41) is 12.9. The van der Waals surface area contributed by atoms with E-state index in [1.165, 1.54) is 4.90 Å². The van der Waals surface area contributed by atoms with E-state index in [9.17, 15) is 9.90 Å². The zero-order chi connectivity index (χ0) is 13.9. The summed E-state index contributed by atoms with van der Waals surface area (Å²) in [4.78, 5) is 13.3. The van der Waals surface area contributed by atoms with E-state index in [-0.39, 0.29) is 12.6 Å². The molecule has 2 N–H and O–H groups in total. The SMILES string of the molecule is CN(CC(C)(C)O)C(=O)Nc1ccc(Cl)c(Br)c1. The van der Waals surface area contributed by atoms with Crippen LogP contribution in [0.2, 0.25) is 5.02 Å². The minimum Gasteiger partial charge on any atom is -0.389 e. The van der Waals surface area contributed by atoms with Gasteiger partial charge in [0.15, 0.2) is 0 Å². The van der Waals surface area contributed by atoms with Crippen molar-refractivity contribution in [2.45, 2.75) is 19.4 Å². The van der Waals surface area contributed by atoms with Crippen LogP contribution in [-0.2, 0) is 0 Å². The first-order chi connectivity index (χ1) is 8.19. The van der Waals surface area contributed by atoms with Gasteiger partial charge < -0.3 is 15.3 Å². The van der Waals surface area contributed by atoms with Crippen molar-refractivity contribution in [3.05, 3.63) is 27.7 Å². The van der Waals surface area contributed by atoms with Crippen molar-refractivity contribution >= 4 is 39.2 Å². The molecule has 0 aliphatic carbocycles. The number of aliphatic hydroxyl groups is 1. The topological polar surface area (TPSA) is 52.6 Å². The molecular weight excluding hydrogens is 320 g/mol. The Hall–Kier alpha value is -0.780. The summed E-state index contributed by atoms with van der Waals surface area (Å²) in [6, 6.07) is 4.84. The predicted octanol–water partition coefficient (Wildman–Crippen LogP) is 3.34. The summed E-state index contributed by atoms with van der Waals surface area (Å²) in [7, 11) is 1.62. The average molecular weight is 336 g/mol. The summed E-state index contributed by atoms with van der Waals surface area (Å²) in [6.07, 6.45) is 0. The Balaban J connectivity index is 2.67. The molecule has 6 heteroatoms. The molecule has 1 rings (SSSR count). The highest BCUT2D eigenvalue weighted by Gasteiger charge is 2.19. The molecule has 0 unspecified atom stereocenters. The zero-order valence-corrected chi connectivity index (χ0v) is 12.8. The van der Waals surface area contributed by atoms with Gasteiger partial charge in [-0.25, -0.2) is 4.79 Å². The van der Waals surface area contributed by atoms with Gasteiger partial charge in [0, 0.05) is 17.2 Å². The molecule has 0 radical (unpaired) electrons. The Morgan fingerprint density at radius 3 is 2.67 bits per heavy atom. The third-order valence-electron chi connectivity index (χ3n) is 2.14. The molecule has 0 aliphatic heterocycles. The molecule has 18 heavy (non-hydrogen) atoms. The van der Waals surface area contributed by atoms with Gasteiger partial charge in [0.25, 0.3) is 0 Å². The lowest BCUT2D eigenvalue weighted by Gasteiger charge is -2.25. The first-order valence-corrected chi connectivity index (χ1v) is 6.56. The minimum atomic E-state index is -0.924. The van der Waals surface area contributed by atoms with Crippen LogP contribution in [-0.4, -0.2) is 35.2 Å². The van der Waals surface area contributed by atoms with Gasteiger partial charge in [0.05, 0.1) is 17.2 Å². The molecule has 0 spiro atoms. The summed E-state index contributed by atoms with van der Waals surface area (Å²) >= 11 is 9.15. The number of halogens is 2. The standard InChI is InChI=1S/C12H16BrClN2O2/c1-12(2,18)7-16(3)11(17)15-8-4-5-10(14)9(13)6-8/h4-6,18H,7H2,1-3H3,(H,15,17). The fraction of sp³-hybridized carbons (Fsp3) is 0.417. The maximum Gasteiger partial charge on any atom is 0.321 e. The van der Waals surface area contributed by atoms with Crippen LogP contribution < -0.4 is 5.32 Å². The van der Waals surface area contributed by atoms with Crippen molar-refractivity contribution in [3.8, 4) is 0 Å². The van der Waals surface area contributed by atoms with E-state index in [0.717, 1.165) is 0 Å². The number of urea groups is 1. The third kappa shape index (κ3) is 4.84. The number of nitrogens with zero attached hydrogens (tertiary/aromatic N) is 1.